The lowest BCUT2D eigenvalue weighted by Crippen LogP contribution is -1.99. The summed E-state index contributed by atoms with van der Waals surface area (Å²) in [7, 11) is 0. The molecule has 0 amide bonds. The van der Waals surface area contributed by atoms with E-state index in [1.54, 1.807) is 12.3 Å². The Morgan fingerprint density at radius 1 is 1.56 bits per heavy atom. The number of carboxylic acids is 1. The van der Waals surface area contributed by atoms with E-state index >= 15 is 0 Å². The van der Waals surface area contributed by atoms with Crippen molar-refractivity contribution in [3.8, 4) is 11.5 Å². The quantitative estimate of drug-likeness (QED) is 0.830. The van der Waals surface area contributed by atoms with Crippen LogP contribution < -0.4 is 0 Å². The molecule has 2 aromatic rings. The molecular weight excluding hydrogens is 210 g/mol. The molecule has 0 fully saturated rings. The Labute approximate surface area is 90.9 Å². The first-order valence-corrected chi connectivity index (χ1v) is 4.62. The van der Waals surface area contributed by atoms with E-state index in [4.69, 9.17) is 9.63 Å². The van der Waals surface area contributed by atoms with Crippen LogP contribution in [0.25, 0.3) is 11.5 Å². The minimum atomic E-state index is -1.01. The average Bonchev–Trinajstić information content (AvgIpc) is 2.65. The molecule has 0 unspecified atom stereocenters. The summed E-state index contributed by atoms with van der Waals surface area (Å²) in [5, 5.41) is 12.2. The van der Waals surface area contributed by atoms with Gasteiger partial charge in [0.05, 0.1) is 0 Å². The minimum Gasteiger partial charge on any atom is -0.481 e. The van der Waals surface area contributed by atoms with Gasteiger partial charge in [-0.05, 0) is 24.6 Å². The molecule has 2 aromatic heterocycles. The Kier molecular flexibility index (Phi) is 2.63. The van der Waals surface area contributed by atoms with Gasteiger partial charge in [0.1, 0.15) is 12.1 Å². The zero-order valence-electron chi connectivity index (χ0n) is 8.54. The molecule has 16 heavy (non-hydrogen) atoms. The molecule has 1 N–H and O–H groups in total. The Morgan fingerprint density at radius 3 is 3.06 bits per heavy atom. The highest BCUT2D eigenvalue weighted by Gasteiger charge is 2.12. The van der Waals surface area contributed by atoms with Crippen molar-refractivity contribution in [1.82, 2.24) is 15.1 Å². The SMILES string of the molecule is Cc1ccnc(-c2noc(CC(=O)O)n2)c1. The fourth-order valence-electron chi connectivity index (χ4n) is 1.22. The van der Waals surface area contributed by atoms with Crippen molar-refractivity contribution in [2.24, 2.45) is 0 Å². The lowest BCUT2D eigenvalue weighted by atomic mass is 10.2. The maximum absolute atomic E-state index is 10.4. The van der Waals surface area contributed by atoms with Crippen LogP contribution in [0.1, 0.15) is 11.5 Å². The zero-order valence-corrected chi connectivity index (χ0v) is 8.54. The minimum absolute atomic E-state index is 0.0748. The molecular formula is C10H9N3O3. The highest BCUT2D eigenvalue weighted by Crippen LogP contribution is 2.13. The van der Waals surface area contributed by atoms with Crippen LogP contribution in [0.3, 0.4) is 0 Å². The van der Waals surface area contributed by atoms with E-state index in [1.165, 1.54) is 0 Å². The van der Waals surface area contributed by atoms with E-state index in [1.807, 2.05) is 13.0 Å². The average molecular weight is 219 g/mol. The van der Waals surface area contributed by atoms with Crippen molar-refractivity contribution in [3.05, 3.63) is 29.8 Å². The van der Waals surface area contributed by atoms with Crippen LogP contribution in [0.4, 0.5) is 0 Å². The van der Waals surface area contributed by atoms with Gasteiger partial charge in [0, 0.05) is 6.20 Å². The third-order valence-corrected chi connectivity index (χ3v) is 1.92. The van der Waals surface area contributed by atoms with Crippen LogP contribution in [0.15, 0.2) is 22.9 Å². The first-order valence-electron chi connectivity index (χ1n) is 4.62. The van der Waals surface area contributed by atoms with E-state index in [0.29, 0.717) is 11.5 Å². The predicted octanol–water partition coefficient (Wildman–Crippen LogP) is 1.07. The number of hydrogen-bond donors (Lipinski definition) is 1. The van der Waals surface area contributed by atoms with Crippen LogP contribution in [0.5, 0.6) is 0 Å². The van der Waals surface area contributed by atoms with Crippen molar-refractivity contribution in [1.29, 1.82) is 0 Å². The molecule has 2 rings (SSSR count). The summed E-state index contributed by atoms with van der Waals surface area (Å²) in [6.45, 7) is 1.92. The van der Waals surface area contributed by atoms with Crippen LogP contribution in [-0.2, 0) is 11.2 Å². The fourth-order valence-corrected chi connectivity index (χ4v) is 1.22. The van der Waals surface area contributed by atoms with Crippen LogP contribution in [0.2, 0.25) is 0 Å². The van der Waals surface area contributed by atoms with E-state index in [0.717, 1.165) is 5.56 Å². The summed E-state index contributed by atoms with van der Waals surface area (Å²) in [6.07, 6.45) is 1.36. The maximum Gasteiger partial charge on any atom is 0.312 e. The molecule has 0 radical (unpaired) electrons. The second-order valence-corrected chi connectivity index (χ2v) is 3.30. The highest BCUT2D eigenvalue weighted by atomic mass is 16.5. The van der Waals surface area contributed by atoms with Crippen molar-refractivity contribution in [2.45, 2.75) is 13.3 Å². The smallest absolute Gasteiger partial charge is 0.312 e. The van der Waals surface area contributed by atoms with Gasteiger partial charge in [-0.3, -0.25) is 9.78 Å². The van der Waals surface area contributed by atoms with Gasteiger partial charge in [0.25, 0.3) is 0 Å². The van der Waals surface area contributed by atoms with Crippen LogP contribution in [0, 0.1) is 6.92 Å². The van der Waals surface area contributed by atoms with E-state index < -0.39 is 5.97 Å². The molecule has 0 aliphatic heterocycles. The molecule has 82 valence electrons. The predicted molar refractivity (Wildman–Crippen MR) is 53.6 cm³/mol. The number of nitrogens with zero attached hydrogens (tertiary/aromatic N) is 3. The number of carbonyl (C=O) groups is 1. The number of hydrogen-bond acceptors (Lipinski definition) is 5. The molecule has 0 bridgehead atoms. The van der Waals surface area contributed by atoms with Crippen LogP contribution >= 0.6 is 0 Å². The van der Waals surface area contributed by atoms with Crippen LogP contribution in [-0.4, -0.2) is 26.2 Å². The number of carboxylic acid groups (broad SMARTS) is 1. The number of aromatic nitrogens is 3. The largest absolute Gasteiger partial charge is 0.481 e. The number of rotatable bonds is 3. The van der Waals surface area contributed by atoms with Gasteiger partial charge in [-0.2, -0.15) is 4.98 Å². The molecule has 0 aliphatic rings. The summed E-state index contributed by atoms with van der Waals surface area (Å²) in [5.41, 5.74) is 1.59. The second-order valence-electron chi connectivity index (χ2n) is 3.30. The third kappa shape index (κ3) is 2.22. The van der Waals surface area contributed by atoms with Gasteiger partial charge >= 0.3 is 5.97 Å². The topological polar surface area (TPSA) is 89.1 Å². The Balaban J connectivity index is 2.28. The molecule has 0 aliphatic carbocycles. The third-order valence-electron chi connectivity index (χ3n) is 1.92. The van der Waals surface area contributed by atoms with E-state index in [2.05, 4.69) is 15.1 Å². The van der Waals surface area contributed by atoms with Gasteiger partial charge in [0.2, 0.25) is 11.7 Å². The first-order chi connectivity index (χ1) is 7.65. The van der Waals surface area contributed by atoms with E-state index in [-0.39, 0.29) is 12.3 Å². The lowest BCUT2D eigenvalue weighted by Gasteiger charge is -1.93. The van der Waals surface area contributed by atoms with Gasteiger partial charge < -0.3 is 9.63 Å². The number of aryl methyl sites for hydroxylation is 1. The van der Waals surface area contributed by atoms with Gasteiger partial charge in [0.15, 0.2) is 0 Å². The normalized spacial score (nSPS) is 10.3. The second kappa shape index (κ2) is 4.09. The summed E-state index contributed by atoms with van der Waals surface area (Å²) in [6, 6.07) is 3.65. The van der Waals surface area contributed by atoms with Crippen molar-refractivity contribution in [3.63, 3.8) is 0 Å². The van der Waals surface area contributed by atoms with Gasteiger partial charge in [-0.15, -0.1) is 0 Å². The Hall–Kier alpha value is -2.24. The molecule has 0 saturated heterocycles. The van der Waals surface area contributed by atoms with Gasteiger partial charge in [-0.1, -0.05) is 5.16 Å². The van der Waals surface area contributed by atoms with Crippen molar-refractivity contribution < 1.29 is 14.4 Å². The number of aliphatic carboxylic acids is 1. The molecule has 2 heterocycles. The summed E-state index contributed by atoms with van der Waals surface area (Å²) < 4.78 is 4.79. The van der Waals surface area contributed by atoms with Gasteiger partial charge in [-0.25, -0.2) is 0 Å². The number of pyridine rings is 1. The molecule has 0 spiro atoms. The van der Waals surface area contributed by atoms with Crippen molar-refractivity contribution in [2.75, 3.05) is 0 Å². The molecule has 0 atom stereocenters. The monoisotopic (exact) mass is 219 g/mol. The van der Waals surface area contributed by atoms with Crippen molar-refractivity contribution >= 4 is 5.97 Å². The fraction of sp³-hybridized carbons (Fsp3) is 0.200. The Bertz CT molecular complexity index is 522. The maximum atomic E-state index is 10.4. The molecule has 6 heteroatoms. The zero-order chi connectivity index (χ0) is 11.5. The highest BCUT2D eigenvalue weighted by molar-refractivity contribution is 5.68. The standard InChI is InChI=1S/C10H9N3O3/c1-6-2-3-11-7(4-6)10-12-8(16-13-10)5-9(14)15/h2-4H,5H2,1H3,(H,14,15). The summed E-state index contributed by atoms with van der Waals surface area (Å²) in [5.74, 6) is -0.627. The molecule has 0 saturated carbocycles. The summed E-state index contributed by atoms with van der Waals surface area (Å²) in [4.78, 5) is 18.4. The molecule has 0 aromatic carbocycles. The molecule has 6 nitrogen and oxygen atoms in total. The Morgan fingerprint density at radius 2 is 2.38 bits per heavy atom. The summed E-state index contributed by atoms with van der Waals surface area (Å²) >= 11 is 0. The lowest BCUT2D eigenvalue weighted by molar-refractivity contribution is -0.136. The van der Waals surface area contributed by atoms with E-state index in [9.17, 15) is 4.79 Å². The first kappa shape index (κ1) is 10.3.